The van der Waals surface area contributed by atoms with Crippen LogP contribution >= 0.6 is 11.6 Å². The monoisotopic (exact) mass is 399 g/mol. The fourth-order valence-corrected chi connectivity index (χ4v) is 3.13. The summed E-state index contributed by atoms with van der Waals surface area (Å²) in [5.74, 6) is 0.959. The first-order valence-electron chi connectivity index (χ1n) is 8.79. The van der Waals surface area contributed by atoms with Crippen molar-refractivity contribution in [2.24, 2.45) is 0 Å². The first-order chi connectivity index (χ1) is 13.5. The minimum absolute atomic E-state index is 0.0643. The summed E-state index contributed by atoms with van der Waals surface area (Å²) in [4.78, 5) is 14.5. The number of nitrogens with one attached hydrogen (secondary N) is 1. The van der Waals surface area contributed by atoms with Gasteiger partial charge >= 0.3 is 0 Å². The van der Waals surface area contributed by atoms with Gasteiger partial charge in [0.15, 0.2) is 11.5 Å². The number of ether oxygens (including phenoxy) is 1. The molecule has 3 rings (SSSR count). The summed E-state index contributed by atoms with van der Waals surface area (Å²) < 4.78 is 10.5. The lowest BCUT2D eigenvalue weighted by Gasteiger charge is -2.25. The van der Waals surface area contributed by atoms with E-state index in [-0.39, 0.29) is 17.6 Å². The molecule has 2 aromatic carbocycles. The van der Waals surface area contributed by atoms with Gasteiger partial charge in [-0.15, -0.1) is 0 Å². The molecule has 0 aliphatic rings. The zero-order chi connectivity index (χ0) is 20.1. The van der Waals surface area contributed by atoms with E-state index >= 15 is 0 Å². The van der Waals surface area contributed by atoms with Crippen LogP contribution in [0.5, 0.6) is 5.75 Å². The molecule has 0 radical (unpaired) electrons. The van der Waals surface area contributed by atoms with Gasteiger partial charge in [-0.1, -0.05) is 35.0 Å². The fraction of sp³-hybridized carbons (Fsp3) is 0.238. The van der Waals surface area contributed by atoms with E-state index < -0.39 is 0 Å². The number of carbonyl (C=O) groups is 1. The SMILES string of the molecule is COc1ccc(-c2cc(C(=O)NC[C@H](c3ccccc3Cl)N(C)C)no2)cc1. The Balaban J connectivity index is 1.69. The van der Waals surface area contributed by atoms with Crippen LogP contribution in [0.4, 0.5) is 0 Å². The molecule has 0 unspecified atom stereocenters. The minimum Gasteiger partial charge on any atom is -0.497 e. The molecule has 1 amide bonds. The molecule has 0 saturated carbocycles. The van der Waals surface area contributed by atoms with Crippen LogP contribution in [0, 0.1) is 0 Å². The molecule has 1 N–H and O–H groups in total. The maximum atomic E-state index is 12.5. The van der Waals surface area contributed by atoms with Crippen molar-refractivity contribution in [3.05, 3.63) is 70.9 Å². The van der Waals surface area contributed by atoms with E-state index in [0.717, 1.165) is 16.9 Å². The number of hydrogen-bond acceptors (Lipinski definition) is 5. The van der Waals surface area contributed by atoms with Crippen molar-refractivity contribution in [3.63, 3.8) is 0 Å². The number of rotatable bonds is 7. The van der Waals surface area contributed by atoms with Crippen molar-refractivity contribution < 1.29 is 14.1 Å². The van der Waals surface area contributed by atoms with Gasteiger partial charge in [0.2, 0.25) is 0 Å². The standard InChI is InChI=1S/C21H22ClN3O3/c1-25(2)19(16-6-4-5-7-17(16)22)13-23-21(26)18-12-20(28-24-18)14-8-10-15(27-3)11-9-14/h4-12,19H,13H2,1-3H3,(H,23,26)/t19-/m1/s1. The van der Waals surface area contributed by atoms with E-state index in [2.05, 4.69) is 10.5 Å². The lowest BCUT2D eigenvalue weighted by molar-refractivity contribution is 0.0933. The van der Waals surface area contributed by atoms with Crippen molar-refractivity contribution in [2.45, 2.75) is 6.04 Å². The molecule has 1 aromatic heterocycles. The van der Waals surface area contributed by atoms with Gasteiger partial charge in [-0.3, -0.25) is 4.79 Å². The summed E-state index contributed by atoms with van der Waals surface area (Å²) >= 11 is 6.31. The molecule has 6 nitrogen and oxygen atoms in total. The number of methoxy groups -OCH3 is 1. The topological polar surface area (TPSA) is 67.6 Å². The Morgan fingerprint density at radius 3 is 2.57 bits per heavy atom. The van der Waals surface area contributed by atoms with Crippen molar-refractivity contribution in [3.8, 4) is 17.1 Å². The largest absolute Gasteiger partial charge is 0.497 e. The zero-order valence-electron chi connectivity index (χ0n) is 16.0. The summed E-state index contributed by atoms with van der Waals surface area (Å²) in [5.41, 5.74) is 1.99. The Kier molecular flexibility index (Phi) is 6.34. The Labute approximate surface area is 169 Å². The Bertz CT molecular complexity index is 938. The number of likely N-dealkylation sites (N-methyl/N-ethyl adjacent to an activating group) is 1. The van der Waals surface area contributed by atoms with E-state index in [4.69, 9.17) is 20.9 Å². The van der Waals surface area contributed by atoms with Crippen molar-refractivity contribution in [1.82, 2.24) is 15.4 Å². The van der Waals surface area contributed by atoms with Crippen molar-refractivity contribution >= 4 is 17.5 Å². The minimum atomic E-state index is -0.303. The summed E-state index contributed by atoms with van der Waals surface area (Å²) in [6.45, 7) is 0.389. The molecule has 1 atom stereocenters. The third kappa shape index (κ3) is 4.52. The second-order valence-corrected chi connectivity index (χ2v) is 6.92. The van der Waals surface area contributed by atoms with E-state index in [0.29, 0.717) is 17.3 Å². The Hall–Kier alpha value is -2.83. The molecular weight excluding hydrogens is 378 g/mol. The van der Waals surface area contributed by atoms with Crippen LogP contribution in [-0.4, -0.2) is 43.7 Å². The average molecular weight is 400 g/mol. The molecule has 0 aliphatic heterocycles. The highest BCUT2D eigenvalue weighted by atomic mass is 35.5. The lowest BCUT2D eigenvalue weighted by atomic mass is 10.1. The van der Waals surface area contributed by atoms with Crippen LogP contribution < -0.4 is 10.1 Å². The molecule has 0 saturated heterocycles. The maximum absolute atomic E-state index is 12.5. The highest BCUT2D eigenvalue weighted by Gasteiger charge is 2.20. The van der Waals surface area contributed by atoms with Gasteiger partial charge in [0, 0.05) is 23.2 Å². The van der Waals surface area contributed by atoms with Gasteiger partial charge in [0.05, 0.1) is 13.2 Å². The molecule has 0 aliphatic carbocycles. The predicted octanol–water partition coefficient (Wildman–Crippen LogP) is 4.04. The number of carbonyl (C=O) groups excluding carboxylic acids is 1. The molecule has 146 valence electrons. The van der Waals surface area contributed by atoms with Crippen LogP contribution in [0.3, 0.4) is 0 Å². The molecule has 1 heterocycles. The number of nitrogens with zero attached hydrogens (tertiary/aromatic N) is 2. The van der Waals surface area contributed by atoms with E-state index in [1.54, 1.807) is 13.2 Å². The first-order valence-corrected chi connectivity index (χ1v) is 9.17. The number of aromatic nitrogens is 1. The molecule has 0 bridgehead atoms. The zero-order valence-corrected chi connectivity index (χ0v) is 16.7. The number of amides is 1. The molecule has 3 aromatic rings. The van der Waals surface area contributed by atoms with Gasteiger partial charge in [-0.25, -0.2) is 0 Å². The van der Waals surface area contributed by atoms with Crippen LogP contribution in [0.1, 0.15) is 22.1 Å². The van der Waals surface area contributed by atoms with Crippen LogP contribution in [0.25, 0.3) is 11.3 Å². The van der Waals surface area contributed by atoms with Crippen LogP contribution in [0.15, 0.2) is 59.1 Å². The van der Waals surface area contributed by atoms with Crippen molar-refractivity contribution in [1.29, 1.82) is 0 Å². The van der Waals surface area contributed by atoms with E-state index in [9.17, 15) is 4.79 Å². The van der Waals surface area contributed by atoms with Gasteiger partial charge < -0.3 is 19.5 Å². The normalized spacial score (nSPS) is 12.0. The highest BCUT2D eigenvalue weighted by molar-refractivity contribution is 6.31. The molecule has 0 fully saturated rings. The second kappa shape index (κ2) is 8.91. The first kappa shape index (κ1) is 19.9. The number of halogens is 1. The third-order valence-corrected chi connectivity index (χ3v) is 4.81. The number of benzene rings is 2. The summed E-state index contributed by atoms with van der Waals surface area (Å²) in [6.07, 6.45) is 0. The van der Waals surface area contributed by atoms with Gasteiger partial charge in [-0.05, 0) is 50.0 Å². The molecule has 0 spiro atoms. The highest BCUT2D eigenvalue weighted by Crippen LogP contribution is 2.26. The van der Waals surface area contributed by atoms with Crippen molar-refractivity contribution in [2.75, 3.05) is 27.7 Å². The molecule has 28 heavy (non-hydrogen) atoms. The fourth-order valence-electron chi connectivity index (χ4n) is 2.87. The molecule has 7 heteroatoms. The summed E-state index contributed by atoms with van der Waals surface area (Å²) in [6, 6.07) is 16.5. The van der Waals surface area contributed by atoms with Gasteiger partial charge in [0.1, 0.15) is 5.75 Å². The van der Waals surface area contributed by atoms with Crippen LogP contribution in [-0.2, 0) is 0 Å². The predicted molar refractivity (Wildman–Crippen MR) is 109 cm³/mol. The van der Waals surface area contributed by atoms with E-state index in [1.807, 2.05) is 67.5 Å². The lowest BCUT2D eigenvalue weighted by Crippen LogP contribution is -2.34. The van der Waals surface area contributed by atoms with Gasteiger partial charge in [0.25, 0.3) is 5.91 Å². The van der Waals surface area contributed by atoms with E-state index in [1.165, 1.54) is 0 Å². The molecular formula is C21H22ClN3O3. The Morgan fingerprint density at radius 2 is 1.93 bits per heavy atom. The van der Waals surface area contributed by atoms with Gasteiger partial charge in [-0.2, -0.15) is 0 Å². The Morgan fingerprint density at radius 1 is 1.21 bits per heavy atom. The maximum Gasteiger partial charge on any atom is 0.273 e. The second-order valence-electron chi connectivity index (χ2n) is 6.52. The van der Waals surface area contributed by atoms with Crippen LogP contribution in [0.2, 0.25) is 5.02 Å². The summed E-state index contributed by atoms with van der Waals surface area (Å²) in [7, 11) is 5.49. The smallest absolute Gasteiger partial charge is 0.273 e. The average Bonchev–Trinajstić information content (AvgIpc) is 3.19. The number of hydrogen-bond donors (Lipinski definition) is 1. The summed E-state index contributed by atoms with van der Waals surface area (Å²) in [5, 5.41) is 7.46. The third-order valence-electron chi connectivity index (χ3n) is 4.46. The quantitative estimate of drug-likeness (QED) is 0.649.